The van der Waals surface area contributed by atoms with Crippen molar-refractivity contribution in [2.24, 2.45) is 5.73 Å². The quantitative estimate of drug-likeness (QED) is 0.801. The van der Waals surface area contributed by atoms with Gasteiger partial charge in [-0.15, -0.1) is 0 Å². The lowest BCUT2D eigenvalue weighted by Gasteiger charge is -2.07. The number of nitrogens with zero attached hydrogens (tertiary/aromatic N) is 1. The number of hydrogen-bond acceptors (Lipinski definition) is 3. The van der Waals surface area contributed by atoms with Gasteiger partial charge in [-0.05, 0) is 18.6 Å². The number of hydrogen-bond donors (Lipinski definition) is 2. The zero-order valence-electron chi connectivity index (χ0n) is 8.90. The normalized spacial score (nSPS) is 10.6. The highest BCUT2D eigenvalue weighted by Gasteiger charge is 2.12. The lowest BCUT2D eigenvalue weighted by atomic mass is 10.0. The van der Waals surface area contributed by atoms with Crippen LogP contribution < -0.4 is 5.73 Å². The van der Waals surface area contributed by atoms with E-state index in [0.29, 0.717) is 16.6 Å². The summed E-state index contributed by atoms with van der Waals surface area (Å²) in [7, 11) is 0. The number of carbonyl (C=O) groups is 1. The smallest absolute Gasteiger partial charge is 0.336 e. The molecule has 0 amide bonds. The molecule has 2 rings (SSSR count). The van der Waals surface area contributed by atoms with Crippen molar-refractivity contribution in [1.29, 1.82) is 0 Å². The number of nitrogens with two attached hydrogens (primary N) is 1. The van der Waals surface area contributed by atoms with E-state index in [-0.39, 0.29) is 12.1 Å². The molecule has 82 valence electrons. The number of carboxylic acids is 1. The van der Waals surface area contributed by atoms with Gasteiger partial charge in [0, 0.05) is 11.9 Å². The van der Waals surface area contributed by atoms with Crippen LogP contribution in [0, 0.1) is 6.92 Å². The highest BCUT2D eigenvalue weighted by atomic mass is 16.4. The van der Waals surface area contributed by atoms with Gasteiger partial charge in [-0.3, -0.25) is 4.98 Å². The second-order valence-electron chi connectivity index (χ2n) is 3.64. The van der Waals surface area contributed by atoms with Crippen molar-refractivity contribution in [3.63, 3.8) is 0 Å². The summed E-state index contributed by atoms with van der Waals surface area (Å²) in [4.78, 5) is 15.5. The molecule has 0 fully saturated rings. The van der Waals surface area contributed by atoms with Crippen LogP contribution in [0.1, 0.15) is 21.6 Å². The Morgan fingerprint density at radius 2 is 2.25 bits per heavy atom. The largest absolute Gasteiger partial charge is 0.478 e. The zero-order chi connectivity index (χ0) is 11.7. The molecule has 1 heterocycles. The summed E-state index contributed by atoms with van der Waals surface area (Å²) in [6.45, 7) is 2.14. The molecule has 0 aliphatic carbocycles. The molecule has 1 aromatic heterocycles. The molecule has 0 aliphatic heterocycles. The van der Waals surface area contributed by atoms with Crippen molar-refractivity contribution in [1.82, 2.24) is 4.98 Å². The summed E-state index contributed by atoms with van der Waals surface area (Å²) in [5.74, 6) is -0.951. The van der Waals surface area contributed by atoms with Crippen molar-refractivity contribution >= 4 is 16.9 Å². The highest BCUT2D eigenvalue weighted by Crippen LogP contribution is 2.21. The van der Waals surface area contributed by atoms with Gasteiger partial charge in [0.15, 0.2) is 0 Å². The number of aromatic carboxylic acids is 1. The number of para-hydroxylation sites is 1. The summed E-state index contributed by atoms with van der Waals surface area (Å²) in [5, 5.41) is 9.78. The molecule has 0 radical (unpaired) electrons. The van der Waals surface area contributed by atoms with E-state index in [4.69, 9.17) is 10.8 Å². The van der Waals surface area contributed by atoms with Crippen LogP contribution in [0.25, 0.3) is 10.9 Å². The Bertz CT molecular complexity index is 564. The van der Waals surface area contributed by atoms with Crippen molar-refractivity contribution < 1.29 is 9.90 Å². The fourth-order valence-electron chi connectivity index (χ4n) is 1.73. The molecular weight excluding hydrogens is 204 g/mol. The van der Waals surface area contributed by atoms with Gasteiger partial charge in [0.25, 0.3) is 0 Å². The Kier molecular flexibility index (Phi) is 2.58. The third-order valence-corrected chi connectivity index (χ3v) is 2.53. The number of rotatable bonds is 2. The Morgan fingerprint density at radius 3 is 2.88 bits per heavy atom. The highest BCUT2D eigenvalue weighted by molar-refractivity contribution is 6.03. The molecular formula is C12H12N2O2. The summed E-state index contributed by atoms with van der Waals surface area (Å²) in [5.41, 5.74) is 8.02. The van der Waals surface area contributed by atoms with Gasteiger partial charge in [-0.2, -0.15) is 0 Å². The maximum Gasteiger partial charge on any atom is 0.336 e. The molecule has 0 aliphatic rings. The van der Waals surface area contributed by atoms with E-state index in [0.717, 1.165) is 5.56 Å². The monoisotopic (exact) mass is 216 g/mol. The van der Waals surface area contributed by atoms with Gasteiger partial charge in [0.1, 0.15) is 0 Å². The molecule has 4 heteroatoms. The Labute approximate surface area is 92.7 Å². The summed E-state index contributed by atoms with van der Waals surface area (Å²) >= 11 is 0. The average Bonchev–Trinajstić information content (AvgIpc) is 2.28. The van der Waals surface area contributed by atoms with Crippen LogP contribution in [0.4, 0.5) is 0 Å². The van der Waals surface area contributed by atoms with Gasteiger partial charge >= 0.3 is 5.97 Å². The van der Waals surface area contributed by atoms with Crippen LogP contribution >= 0.6 is 0 Å². The number of aryl methyl sites for hydroxylation is 1. The van der Waals surface area contributed by atoms with Crippen molar-refractivity contribution in [3.8, 4) is 0 Å². The zero-order valence-corrected chi connectivity index (χ0v) is 8.90. The van der Waals surface area contributed by atoms with Crippen LogP contribution in [0.3, 0.4) is 0 Å². The molecule has 3 N–H and O–H groups in total. The second kappa shape index (κ2) is 3.90. The van der Waals surface area contributed by atoms with E-state index in [9.17, 15) is 4.79 Å². The topological polar surface area (TPSA) is 76.2 Å². The van der Waals surface area contributed by atoms with Gasteiger partial charge in [-0.25, -0.2) is 4.79 Å². The van der Waals surface area contributed by atoms with Gasteiger partial charge in [0.05, 0.1) is 16.8 Å². The molecule has 2 aromatic rings. The van der Waals surface area contributed by atoms with Crippen molar-refractivity contribution in [3.05, 3.63) is 41.1 Å². The lowest BCUT2D eigenvalue weighted by molar-refractivity contribution is 0.0699. The third-order valence-electron chi connectivity index (χ3n) is 2.53. The van der Waals surface area contributed by atoms with E-state index in [1.807, 2.05) is 19.1 Å². The van der Waals surface area contributed by atoms with E-state index in [1.54, 1.807) is 6.07 Å². The number of pyridine rings is 1. The van der Waals surface area contributed by atoms with Gasteiger partial charge in [0.2, 0.25) is 0 Å². The second-order valence-corrected chi connectivity index (χ2v) is 3.64. The third kappa shape index (κ3) is 1.63. The lowest BCUT2D eigenvalue weighted by Crippen LogP contribution is -2.06. The minimum Gasteiger partial charge on any atom is -0.478 e. The predicted molar refractivity (Wildman–Crippen MR) is 61.3 cm³/mol. The maximum atomic E-state index is 11.1. The van der Waals surface area contributed by atoms with Crippen LogP contribution in [0.5, 0.6) is 0 Å². The van der Waals surface area contributed by atoms with E-state index < -0.39 is 5.97 Å². The molecule has 1 aromatic carbocycles. The number of fused-ring (bicyclic) bond motifs is 1. The maximum absolute atomic E-state index is 11.1. The van der Waals surface area contributed by atoms with E-state index >= 15 is 0 Å². The Morgan fingerprint density at radius 1 is 1.50 bits per heavy atom. The molecule has 0 spiro atoms. The molecule has 0 bridgehead atoms. The molecule has 0 saturated heterocycles. The number of aromatic nitrogens is 1. The van der Waals surface area contributed by atoms with E-state index in [2.05, 4.69) is 4.98 Å². The van der Waals surface area contributed by atoms with Gasteiger partial charge in [-0.1, -0.05) is 18.2 Å². The fourth-order valence-corrected chi connectivity index (χ4v) is 1.73. The number of benzene rings is 1. The SMILES string of the molecule is Cc1cccc2c(C(=O)O)cc(CN)nc12. The van der Waals surface area contributed by atoms with Gasteiger partial charge < -0.3 is 10.8 Å². The summed E-state index contributed by atoms with van der Waals surface area (Å²) in [6, 6.07) is 7.03. The average molecular weight is 216 g/mol. The Hall–Kier alpha value is -1.94. The van der Waals surface area contributed by atoms with E-state index in [1.165, 1.54) is 6.07 Å². The summed E-state index contributed by atoms with van der Waals surface area (Å²) < 4.78 is 0. The number of carboxylic acid groups (broad SMARTS) is 1. The van der Waals surface area contributed by atoms with Crippen LogP contribution in [0.2, 0.25) is 0 Å². The Balaban J connectivity index is 2.87. The molecule has 16 heavy (non-hydrogen) atoms. The first-order valence-corrected chi connectivity index (χ1v) is 4.96. The molecule has 0 atom stereocenters. The first kappa shape index (κ1) is 10.6. The molecule has 0 saturated carbocycles. The minimum absolute atomic E-state index is 0.241. The fraction of sp³-hybridized carbons (Fsp3) is 0.167. The summed E-state index contributed by atoms with van der Waals surface area (Å²) in [6.07, 6.45) is 0. The first-order valence-electron chi connectivity index (χ1n) is 4.96. The van der Waals surface area contributed by atoms with Crippen molar-refractivity contribution in [2.45, 2.75) is 13.5 Å². The van der Waals surface area contributed by atoms with Crippen LogP contribution in [0.15, 0.2) is 24.3 Å². The van der Waals surface area contributed by atoms with Crippen LogP contribution in [-0.4, -0.2) is 16.1 Å². The van der Waals surface area contributed by atoms with Crippen molar-refractivity contribution in [2.75, 3.05) is 0 Å². The van der Waals surface area contributed by atoms with Crippen LogP contribution in [-0.2, 0) is 6.54 Å². The standard InChI is InChI=1S/C12H12N2O2/c1-7-3-2-4-9-10(12(15)16)5-8(6-13)14-11(7)9/h2-5H,6,13H2,1H3,(H,15,16). The first-order chi connectivity index (χ1) is 7.63. The predicted octanol–water partition coefficient (Wildman–Crippen LogP) is 1.70. The molecule has 4 nitrogen and oxygen atoms in total. The molecule has 0 unspecified atom stereocenters. The minimum atomic E-state index is -0.951.